The Morgan fingerprint density at radius 2 is 2.19 bits per heavy atom. The normalized spacial score (nSPS) is 12.2. The number of hydrogen-bond donors (Lipinski definition) is 3. The number of amides is 2. The molecule has 0 fully saturated rings. The van der Waals surface area contributed by atoms with Crippen LogP contribution in [0.4, 0.5) is 0 Å². The van der Waals surface area contributed by atoms with Crippen molar-refractivity contribution < 1.29 is 19.2 Å². The third kappa shape index (κ3) is 2.57. The maximum absolute atomic E-state index is 11.6. The van der Waals surface area contributed by atoms with Crippen molar-refractivity contribution in [3.05, 3.63) is 17.0 Å². The van der Waals surface area contributed by atoms with Crippen molar-refractivity contribution in [2.24, 2.45) is 5.73 Å². The first-order valence-corrected chi connectivity index (χ1v) is 4.62. The molecule has 88 valence electrons. The van der Waals surface area contributed by atoms with Crippen molar-refractivity contribution >= 4 is 11.8 Å². The number of carbonyl (C=O) groups excluding carboxylic acids is 2. The number of primary amides is 1. The summed E-state index contributed by atoms with van der Waals surface area (Å²) in [5.74, 6) is -0.973. The second-order valence-corrected chi connectivity index (χ2v) is 3.33. The van der Waals surface area contributed by atoms with Crippen molar-refractivity contribution in [3.63, 3.8) is 0 Å². The van der Waals surface area contributed by atoms with Crippen molar-refractivity contribution in [1.29, 1.82) is 0 Å². The maximum Gasteiger partial charge on any atom is 0.256 e. The van der Waals surface area contributed by atoms with Gasteiger partial charge in [0.15, 0.2) is 0 Å². The molecular formula is C9H13N3O4. The summed E-state index contributed by atoms with van der Waals surface area (Å²) in [6, 6.07) is 0. The average Bonchev–Trinajstić information content (AvgIpc) is 2.54. The largest absolute Gasteiger partial charge is 0.381 e. The molecule has 0 aliphatic rings. The topological polar surface area (TPSA) is 118 Å². The SMILES string of the molecule is Cc1noc(C)c1C(=O)NCC(O)C(N)=O. The van der Waals surface area contributed by atoms with E-state index in [4.69, 9.17) is 15.4 Å². The first-order valence-electron chi connectivity index (χ1n) is 4.62. The first kappa shape index (κ1) is 12.2. The number of carbonyl (C=O) groups is 2. The smallest absolute Gasteiger partial charge is 0.256 e. The van der Waals surface area contributed by atoms with Gasteiger partial charge >= 0.3 is 0 Å². The Bertz CT molecular complexity index is 393. The molecule has 1 heterocycles. The number of nitrogens with two attached hydrogens (primary N) is 1. The van der Waals surface area contributed by atoms with Crippen LogP contribution in [-0.4, -0.2) is 34.7 Å². The van der Waals surface area contributed by atoms with Crippen LogP contribution in [0.3, 0.4) is 0 Å². The summed E-state index contributed by atoms with van der Waals surface area (Å²) in [6.07, 6.45) is -1.40. The van der Waals surface area contributed by atoms with Gasteiger partial charge in [-0.15, -0.1) is 0 Å². The quantitative estimate of drug-likeness (QED) is 0.601. The fourth-order valence-electron chi connectivity index (χ4n) is 1.19. The number of aliphatic hydroxyl groups excluding tert-OH is 1. The summed E-state index contributed by atoms with van der Waals surface area (Å²) >= 11 is 0. The molecule has 2 amide bonds. The summed E-state index contributed by atoms with van der Waals surface area (Å²) in [6.45, 7) is 2.98. The van der Waals surface area contributed by atoms with Crippen molar-refractivity contribution in [1.82, 2.24) is 10.5 Å². The van der Waals surface area contributed by atoms with Gasteiger partial charge in [0.05, 0.1) is 12.2 Å². The third-order valence-electron chi connectivity index (χ3n) is 2.04. The summed E-state index contributed by atoms with van der Waals surface area (Å²) < 4.78 is 4.81. The van der Waals surface area contributed by atoms with Gasteiger partial charge in [0.25, 0.3) is 5.91 Å². The summed E-state index contributed by atoms with van der Waals surface area (Å²) in [4.78, 5) is 22.1. The lowest BCUT2D eigenvalue weighted by atomic mass is 10.2. The molecule has 4 N–H and O–H groups in total. The maximum atomic E-state index is 11.6. The number of nitrogens with one attached hydrogen (secondary N) is 1. The lowest BCUT2D eigenvalue weighted by Crippen LogP contribution is -2.40. The predicted molar refractivity (Wildman–Crippen MR) is 53.5 cm³/mol. The van der Waals surface area contributed by atoms with Gasteiger partial charge in [0, 0.05) is 0 Å². The van der Waals surface area contributed by atoms with E-state index in [0.717, 1.165) is 0 Å². The lowest BCUT2D eigenvalue weighted by Gasteiger charge is -2.07. The molecule has 1 rings (SSSR count). The zero-order valence-corrected chi connectivity index (χ0v) is 8.98. The summed E-state index contributed by atoms with van der Waals surface area (Å²) in [7, 11) is 0. The molecule has 0 bridgehead atoms. The van der Waals surface area contributed by atoms with Crippen LogP contribution in [0.5, 0.6) is 0 Å². The van der Waals surface area contributed by atoms with Gasteiger partial charge < -0.3 is 20.7 Å². The average molecular weight is 227 g/mol. The van der Waals surface area contributed by atoms with Crippen LogP contribution in [0.15, 0.2) is 4.52 Å². The molecule has 7 nitrogen and oxygen atoms in total. The van der Waals surface area contributed by atoms with Crippen LogP contribution >= 0.6 is 0 Å². The first-order chi connectivity index (χ1) is 7.43. The van der Waals surface area contributed by atoms with E-state index in [-0.39, 0.29) is 6.54 Å². The van der Waals surface area contributed by atoms with Gasteiger partial charge in [-0.2, -0.15) is 0 Å². The van der Waals surface area contributed by atoms with Gasteiger partial charge in [-0.25, -0.2) is 0 Å². The summed E-state index contributed by atoms with van der Waals surface area (Å²) in [5.41, 5.74) is 5.58. The minimum atomic E-state index is -1.40. The lowest BCUT2D eigenvalue weighted by molar-refractivity contribution is -0.125. The minimum absolute atomic E-state index is 0.238. The Labute approximate surface area is 91.6 Å². The van der Waals surface area contributed by atoms with E-state index in [1.54, 1.807) is 13.8 Å². The van der Waals surface area contributed by atoms with Gasteiger partial charge in [0.2, 0.25) is 5.91 Å². The van der Waals surface area contributed by atoms with Gasteiger partial charge in [-0.1, -0.05) is 5.16 Å². The van der Waals surface area contributed by atoms with Crippen LogP contribution in [0.1, 0.15) is 21.8 Å². The fraction of sp³-hybridized carbons (Fsp3) is 0.444. The molecule has 0 aliphatic carbocycles. The molecule has 0 radical (unpaired) electrons. The molecule has 1 unspecified atom stereocenters. The Balaban J connectivity index is 2.63. The Morgan fingerprint density at radius 1 is 1.56 bits per heavy atom. The van der Waals surface area contributed by atoms with Gasteiger partial charge in [0.1, 0.15) is 17.4 Å². The number of nitrogens with zero attached hydrogens (tertiary/aromatic N) is 1. The zero-order chi connectivity index (χ0) is 12.3. The number of aromatic nitrogens is 1. The minimum Gasteiger partial charge on any atom is -0.381 e. The number of aliphatic hydroxyl groups is 1. The molecule has 0 saturated heterocycles. The van der Waals surface area contributed by atoms with Crippen LogP contribution in [-0.2, 0) is 4.79 Å². The van der Waals surface area contributed by atoms with E-state index in [2.05, 4.69) is 10.5 Å². The molecule has 7 heteroatoms. The Hall–Kier alpha value is -1.89. The van der Waals surface area contributed by atoms with E-state index >= 15 is 0 Å². The molecular weight excluding hydrogens is 214 g/mol. The van der Waals surface area contributed by atoms with Crippen LogP contribution in [0, 0.1) is 13.8 Å². The number of aryl methyl sites for hydroxylation is 2. The van der Waals surface area contributed by atoms with E-state index < -0.39 is 17.9 Å². The fourth-order valence-corrected chi connectivity index (χ4v) is 1.19. The molecule has 1 aromatic rings. The standard InChI is InChI=1S/C9H13N3O4/c1-4-7(5(2)16-12-4)9(15)11-3-6(13)8(10)14/h6,13H,3H2,1-2H3,(H2,10,14)(H,11,15). The Morgan fingerprint density at radius 3 is 2.62 bits per heavy atom. The monoisotopic (exact) mass is 227 g/mol. The zero-order valence-electron chi connectivity index (χ0n) is 8.98. The molecule has 0 saturated carbocycles. The molecule has 0 aliphatic heterocycles. The van der Waals surface area contributed by atoms with E-state index in [1.807, 2.05) is 0 Å². The highest BCUT2D eigenvalue weighted by molar-refractivity contribution is 5.96. The van der Waals surface area contributed by atoms with Crippen molar-refractivity contribution in [2.75, 3.05) is 6.54 Å². The second-order valence-electron chi connectivity index (χ2n) is 3.33. The van der Waals surface area contributed by atoms with Crippen molar-refractivity contribution in [2.45, 2.75) is 20.0 Å². The number of rotatable bonds is 4. The van der Waals surface area contributed by atoms with Gasteiger partial charge in [-0.05, 0) is 13.8 Å². The van der Waals surface area contributed by atoms with E-state index in [1.165, 1.54) is 0 Å². The third-order valence-corrected chi connectivity index (χ3v) is 2.04. The highest BCUT2D eigenvalue weighted by atomic mass is 16.5. The Kier molecular flexibility index (Phi) is 3.62. The van der Waals surface area contributed by atoms with E-state index in [9.17, 15) is 9.59 Å². The highest BCUT2D eigenvalue weighted by Gasteiger charge is 2.19. The van der Waals surface area contributed by atoms with Crippen LogP contribution < -0.4 is 11.1 Å². The molecule has 16 heavy (non-hydrogen) atoms. The van der Waals surface area contributed by atoms with Gasteiger partial charge in [-0.3, -0.25) is 9.59 Å². The summed E-state index contributed by atoms with van der Waals surface area (Å²) in [5, 5.41) is 15.1. The van der Waals surface area contributed by atoms with E-state index in [0.29, 0.717) is 17.0 Å². The molecule has 0 spiro atoms. The molecule has 1 atom stereocenters. The van der Waals surface area contributed by atoms with Crippen LogP contribution in [0.2, 0.25) is 0 Å². The highest BCUT2D eigenvalue weighted by Crippen LogP contribution is 2.11. The van der Waals surface area contributed by atoms with Crippen molar-refractivity contribution in [3.8, 4) is 0 Å². The second kappa shape index (κ2) is 4.75. The molecule has 1 aromatic heterocycles. The molecule has 0 aromatic carbocycles. The van der Waals surface area contributed by atoms with Crippen LogP contribution in [0.25, 0.3) is 0 Å². The number of hydrogen-bond acceptors (Lipinski definition) is 5. The predicted octanol–water partition coefficient (Wildman–Crippen LogP) is -1.13.